The van der Waals surface area contributed by atoms with E-state index in [1.807, 2.05) is 38.1 Å². The second-order valence-electron chi connectivity index (χ2n) is 5.11. The number of nitrogens with zero attached hydrogens (tertiary/aromatic N) is 1. The fraction of sp³-hybridized carbons (Fsp3) is 0.375. The fourth-order valence-corrected chi connectivity index (χ4v) is 1.95. The van der Waals surface area contributed by atoms with Gasteiger partial charge in [-0.1, -0.05) is 19.4 Å². The lowest BCUT2D eigenvalue weighted by Crippen LogP contribution is -2.20. The molecule has 0 radical (unpaired) electrons. The number of carbonyl (C=O) groups excluding carboxylic acids is 1. The van der Waals surface area contributed by atoms with E-state index in [9.17, 15) is 4.79 Å². The zero-order chi connectivity index (χ0) is 15.2. The number of hydrogen-bond donors (Lipinski definition) is 2. The van der Waals surface area contributed by atoms with Gasteiger partial charge in [0.15, 0.2) is 12.4 Å². The zero-order valence-corrected chi connectivity index (χ0v) is 12.7. The first kappa shape index (κ1) is 15.1. The topological polar surface area (TPSA) is 67.0 Å². The van der Waals surface area contributed by atoms with E-state index in [0.29, 0.717) is 11.6 Å². The monoisotopic (exact) mass is 287 g/mol. The maximum absolute atomic E-state index is 11.8. The summed E-state index contributed by atoms with van der Waals surface area (Å²) in [5, 5.41) is 9.65. The van der Waals surface area contributed by atoms with Crippen LogP contribution in [0.25, 0.3) is 0 Å². The SMILES string of the molecule is CCCc1cc(NC(=O)COc2ccc(C)c(C)c2)n[nH]1. The van der Waals surface area contributed by atoms with Gasteiger partial charge in [0.2, 0.25) is 0 Å². The number of aryl methyl sites for hydroxylation is 3. The molecule has 0 fully saturated rings. The molecule has 0 unspecified atom stereocenters. The minimum Gasteiger partial charge on any atom is -0.484 e. The predicted octanol–water partition coefficient (Wildman–Crippen LogP) is 3.00. The van der Waals surface area contributed by atoms with Gasteiger partial charge in [0.1, 0.15) is 5.75 Å². The average molecular weight is 287 g/mol. The molecule has 0 aliphatic rings. The molecule has 0 atom stereocenters. The summed E-state index contributed by atoms with van der Waals surface area (Å²) in [6, 6.07) is 7.62. The van der Waals surface area contributed by atoms with Crippen molar-refractivity contribution in [3.05, 3.63) is 41.1 Å². The molecular formula is C16H21N3O2. The van der Waals surface area contributed by atoms with Crippen LogP contribution in [0.15, 0.2) is 24.3 Å². The fourth-order valence-electron chi connectivity index (χ4n) is 1.95. The number of anilines is 1. The van der Waals surface area contributed by atoms with Gasteiger partial charge in [-0.25, -0.2) is 0 Å². The summed E-state index contributed by atoms with van der Waals surface area (Å²) in [7, 11) is 0. The van der Waals surface area contributed by atoms with Gasteiger partial charge in [-0.15, -0.1) is 0 Å². The first-order valence-corrected chi connectivity index (χ1v) is 7.12. The third kappa shape index (κ3) is 4.34. The lowest BCUT2D eigenvalue weighted by Gasteiger charge is -2.07. The second-order valence-corrected chi connectivity index (χ2v) is 5.11. The molecule has 2 N–H and O–H groups in total. The standard InChI is InChI=1S/C16H21N3O2/c1-4-5-13-9-15(19-18-13)17-16(20)10-21-14-7-6-11(2)12(3)8-14/h6-9H,4-5,10H2,1-3H3,(H2,17,18,19,20). The highest BCUT2D eigenvalue weighted by molar-refractivity contribution is 5.90. The number of ether oxygens (including phenoxy) is 1. The third-order valence-electron chi connectivity index (χ3n) is 3.27. The molecule has 1 aromatic heterocycles. The molecule has 1 aromatic carbocycles. The molecule has 0 spiro atoms. The summed E-state index contributed by atoms with van der Waals surface area (Å²) in [5.41, 5.74) is 3.36. The number of aromatic amines is 1. The Balaban J connectivity index is 1.85. The molecule has 0 saturated carbocycles. The van der Waals surface area contributed by atoms with Gasteiger partial charge < -0.3 is 10.1 Å². The molecule has 5 nitrogen and oxygen atoms in total. The van der Waals surface area contributed by atoms with Crippen molar-refractivity contribution in [3.8, 4) is 5.75 Å². The maximum Gasteiger partial charge on any atom is 0.263 e. The van der Waals surface area contributed by atoms with Crippen LogP contribution < -0.4 is 10.1 Å². The van der Waals surface area contributed by atoms with Gasteiger partial charge in [-0.2, -0.15) is 5.10 Å². The largest absolute Gasteiger partial charge is 0.484 e. The number of carbonyl (C=O) groups is 1. The van der Waals surface area contributed by atoms with Crippen molar-refractivity contribution >= 4 is 11.7 Å². The maximum atomic E-state index is 11.8. The molecule has 0 aliphatic carbocycles. The van der Waals surface area contributed by atoms with Gasteiger partial charge in [0.25, 0.3) is 5.91 Å². The van der Waals surface area contributed by atoms with Crippen molar-refractivity contribution in [1.29, 1.82) is 0 Å². The number of aromatic nitrogens is 2. The van der Waals surface area contributed by atoms with E-state index in [4.69, 9.17) is 4.74 Å². The highest BCUT2D eigenvalue weighted by atomic mass is 16.5. The second kappa shape index (κ2) is 6.92. The number of benzene rings is 1. The molecule has 5 heteroatoms. The Bertz CT molecular complexity index is 620. The van der Waals surface area contributed by atoms with Crippen LogP contribution in [0, 0.1) is 13.8 Å². The van der Waals surface area contributed by atoms with Crippen molar-refractivity contribution in [2.24, 2.45) is 0 Å². The third-order valence-corrected chi connectivity index (χ3v) is 3.27. The summed E-state index contributed by atoms with van der Waals surface area (Å²) in [6.45, 7) is 6.12. The highest BCUT2D eigenvalue weighted by Crippen LogP contribution is 2.16. The van der Waals surface area contributed by atoms with Crippen LogP contribution in [0.5, 0.6) is 5.75 Å². The van der Waals surface area contributed by atoms with Crippen LogP contribution in [-0.4, -0.2) is 22.7 Å². The van der Waals surface area contributed by atoms with Gasteiger partial charge >= 0.3 is 0 Å². The lowest BCUT2D eigenvalue weighted by molar-refractivity contribution is -0.118. The number of H-pyrrole nitrogens is 1. The molecule has 1 amide bonds. The Kier molecular flexibility index (Phi) is 4.98. The van der Waals surface area contributed by atoms with E-state index in [1.54, 1.807) is 0 Å². The molecule has 0 aliphatic heterocycles. The van der Waals surface area contributed by atoms with Crippen LogP contribution in [0.3, 0.4) is 0 Å². The minimum atomic E-state index is -0.220. The van der Waals surface area contributed by atoms with Crippen molar-refractivity contribution in [2.45, 2.75) is 33.6 Å². The average Bonchev–Trinajstić information content (AvgIpc) is 2.88. The minimum absolute atomic E-state index is 0.0293. The van der Waals surface area contributed by atoms with Crippen LogP contribution in [0.4, 0.5) is 5.82 Å². The molecule has 2 aromatic rings. The summed E-state index contributed by atoms with van der Waals surface area (Å²) >= 11 is 0. The Hall–Kier alpha value is -2.30. The van der Waals surface area contributed by atoms with E-state index in [1.165, 1.54) is 5.56 Å². The van der Waals surface area contributed by atoms with E-state index < -0.39 is 0 Å². The first-order valence-electron chi connectivity index (χ1n) is 7.12. The molecule has 0 saturated heterocycles. The summed E-state index contributed by atoms with van der Waals surface area (Å²) in [6.07, 6.45) is 1.95. The first-order chi connectivity index (χ1) is 10.1. The van der Waals surface area contributed by atoms with Crippen LogP contribution >= 0.6 is 0 Å². The Labute approximate surface area is 124 Å². The lowest BCUT2D eigenvalue weighted by atomic mass is 10.1. The predicted molar refractivity (Wildman–Crippen MR) is 82.6 cm³/mol. The number of amides is 1. The molecule has 0 bridgehead atoms. The Morgan fingerprint density at radius 1 is 1.29 bits per heavy atom. The van der Waals surface area contributed by atoms with Crippen molar-refractivity contribution in [2.75, 3.05) is 11.9 Å². The Morgan fingerprint density at radius 3 is 2.81 bits per heavy atom. The number of hydrogen-bond acceptors (Lipinski definition) is 3. The van der Waals surface area contributed by atoms with E-state index in [0.717, 1.165) is 24.1 Å². The van der Waals surface area contributed by atoms with E-state index >= 15 is 0 Å². The molecular weight excluding hydrogens is 266 g/mol. The number of nitrogens with one attached hydrogen (secondary N) is 2. The van der Waals surface area contributed by atoms with Crippen molar-refractivity contribution < 1.29 is 9.53 Å². The zero-order valence-electron chi connectivity index (χ0n) is 12.7. The summed E-state index contributed by atoms with van der Waals surface area (Å²) in [4.78, 5) is 11.8. The smallest absolute Gasteiger partial charge is 0.263 e. The molecule has 21 heavy (non-hydrogen) atoms. The van der Waals surface area contributed by atoms with Crippen LogP contribution in [0.2, 0.25) is 0 Å². The Morgan fingerprint density at radius 2 is 2.10 bits per heavy atom. The van der Waals surface area contributed by atoms with Crippen LogP contribution in [0.1, 0.15) is 30.2 Å². The number of rotatable bonds is 6. The highest BCUT2D eigenvalue weighted by Gasteiger charge is 2.07. The molecule has 2 rings (SSSR count). The van der Waals surface area contributed by atoms with Gasteiger partial charge in [-0.3, -0.25) is 9.89 Å². The van der Waals surface area contributed by atoms with Gasteiger partial charge in [-0.05, 0) is 43.5 Å². The van der Waals surface area contributed by atoms with Gasteiger partial charge in [0, 0.05) is 11.8 Å². The van der Waals surface area contributed by atoms with Crippen LogP contribution in [-0.2, 0) is 11.2 Å². The van der Waals surface area contributed by atoms with E-state index in [-0.39, 0.29) is 12.5 Å². The van der Waals surface area contributed by atoms with E-state index in [2.05, 4.69) is 22.4 Å². The summed E-state index contributed by atoms with van der Waals surface area (Å²) < 4.78 is 5.48. The van der Waals surface area contributed by atoms with Crippen molar-refractivity contribution in [1.82, 2.24) is 10.2 Å². The quantitative estimate of drug-likeness (QED) is 0.858. The molecule has 1 heterocycles. The van der Waals surface area contributed by atoms with Gasteiger partial charge in [0.05, 0.1) is 0 Å². The van der Waals surface area contributed by atoms with Crippen molar-refractivity contribution in [3.63, 3.8) is 0 Å². The molecule has 112 valence electrons. The summed E-state index contributed by atoms with van der Waals surface area (Å²) in [5.74, 6) is 1.01. The normalized spacial score (nSPS) is 10.4.